The van der Waals surface area contributed by atoms with Crippen molar-refractivity contribution in [2.24, 2.45) is 0 Å². The first-order valence-electron chi connectivity index (χ1n) is 6.19. The molecule has 1 aromatic rings. The lowest BCUT2D eigenvalue weighted by atomic mass is 10.2. The van der Waals surface area contributed by atoms with Gasteiger partial charge in [0.25, 0.3) is 0 Å². The SMILES string of the molecule is CCCC(C(=O)O)n1cnc(CNC2CC2)c1. The van der Waals surface area contributed by atoms with E-state index in [9.17, 15) is 4.79 Å². The quantitative estimate of drug-likeness (QED) is 0.755. The molecule has 17 heavy (non-hydrogen) atoms. The monoisotopic (exact) mass is 237 g/mol. The summed E-state index contributed by atoms with van der Waals surface area (Å²) >= 11 is 0. The summed E-state index contributed by atoms with van der Waals surface area (Å²) in [5.41, 5.74) is 0.916. The highest BCUT2D eigenvalue weighted by atomic mass is 16.4. The Hall–Kier alpha value is -1.36. The Kier molecular flexibility index (Phi) is 3.78. The smallest absolute Gasteiger partial charge is 0.326 e. The molecule has 0 spiro atoms. The van der Waals surface area contributed by atoms with Crippen LogP contribution in [0.4, 0.5) is 0 Å². The molecular formula is C12H19N3O2. The number of hydrogen-bond acceptors (Lipinski definition) is 3. The highest BCUT2D eigenvalue weighted by Gasteiger charge is 2.21. The van der Waals surface area contributed by atoms with Gasteiger partial charge in [-0.3, -0.25) is 0 Å². The minimum absolute atomic E-state index is 0.484. The fourth-order valence-corrected chi connectivity index (χ4v) is 1.85. The van der Waals surface area contributed by atoms with Gasteiger partial charge in [0.1, 0.15) is 6.04 Å². The summed E-state index contributed by atoms with van der Waals surface area (Å²) < 4.78 is 1.70. The van der Waals surface area contributed by atoms with Crippen molar-refractivity contribution in [1.82, 2.24) is 14.9 Å². The molecule has 2 rings (SSSR count). The maximum atomic E-state index is 11.1. The van der Waals surface area contributed by atoms with E-state index in [1.54, 1.807) is 10.9 Å². The molecule has 0 bridgehead atoms. The first-order chi connectivity index (χ1) is 8.20. The molecule has 0 radical (unpaired) electrons. The van der Waals surface area contributed by atoms with E-state index in [0.29, 0.717) is 12.5 Å². The van der Waals surface area contributed by atoms with E-state index in [-0.39, 0.29) is 0 Å². The Labute approximate surface area is 101 Å². The molecule has 1 heterocycles. The van der Waals surface area contributed by atoms with Crippen molar-refractivity contribution < 1.29 is 9.90 Å². The van der Waals surface area contributed by atoms with Crippen LogP contribution in [-0.2, 0) is 11.3 Å². The highest BCUT2D eigenvalue weighted by molar-refractivity contribution is 5.71. The third kappa shape index (κ3) is 3.30. The summed E-state index contributed by atoms with van der Waals surface area (Å²) in [6.07, 6.45) is 7.44. The van der Waals surface area contributed by atoms with Crippen LogP contribution in [0.2, 0.25) is 0 Å². The number of aliphatic carboxylic acids is 1. The van der Waals surface area contributed by atoms with Crippen molar-refractivity contribution in [1.29, 1.82) is 0 Å². The number of carboxylic acid groups (broad SMARTS) is 1. The lowest BCUT2D eigenvalue weighted by Gasteiger charge is -2.11. The molecule has 1 saturated carbocycles. The molecule has 1 aromatic heterocycles. The molecule has 5 nitrogen and oxygen atoms in total. The van der Waals surface area contributed by atoms with Crippen molar-refractivity contribution in [3.63, 3.8) is 0 Å². The normalized spacial score (nSPS) is 17.0. The molecule has 1 aliphatic rings. The van der Waals surface area contributed by atoms with Gasteiger partial charge in [0.05, 0.1) is 12.0 Å². The van der Waals surface area contributed by atoms with E-state index in [1.807, 2.05) is 13.1 Å². The standard InChI is InChI=1S/C12H19N3O2/c1-2-3-11(12(16)17)15-7-10(14-8-15)6-13-9-4-5-9/h7-9,11,13H,2-6H2,1H3,(H,16,17). The molecule has 0 amide bonds. The minimum atomic E-state index is -0.786. The summed E-state index contributed by atoms with van der Waals surface area (Å²) in [6.45, 7) is 2.72. The molecule has 5 heteroatoms. The second kappa shape index (κ2) is 5.31. The number of nitrogens with zero attached hydrogens (tertiary/aromatic N) is 2. The maximum absolute atomic E-state index is 11.1. The summed E-state index contributed by atoms with van der Waals surface area (Å²) in [6, 6.07) is 0.160. The van der Waals surface area contributed by atoms with Gasteiger partial charge in [-0.2, -0.15) is 0 Å². The van der Waals surface area contributed by atoms with Crippen molar-refractivity contribution in [2.45, 2.75) is 51.2 Å². The number of imidazole rings is 1. The van der Waals surface area contributed by atoms with Gasteiger partial charge in [-0.05, 0) is 19.3 Å². The van der Waals surface area contributed by atoms with E-state index >= 15 is 0 Å². The van der Waals surface area contributed by atoms with Gasteiger partial charge < -0.3 is 15.0 Å². The Morgan fingerprint density at radius 2 is 2.47 bits per heavy atom. The molecule has 1 unspecified atom stereocenters. The summed E-state index contributed by atoms with van der Waals surface area (Å²) in [5.74, 6) is -0.786. The van der Waals surface area contributed by atoms with Crippen LogP contribution in [0.3, 0.4) is 0 Å². The zero-order chi connectivity index (χ0) is 12.3. The number of carbonyl (C=O) groups is 1. The average molecular weight is 237 g/mol. The zero-order valence-corrected chi connectivity index (χ0v) is 10.1. The van der Waals surface area contributed by atoms with Gasteiger partial charge in [0, 0.05) is 18.8 Å². The third-order valence-electron chi connectivity index (χ3n) is 3.01. The van der Waals surface area contributed by atoms with Gasteiger partial charge in [-0.25, -0.2) is 9.78 Å². The third-order valence-corrected chi connectivity index (χ3v) is 3.01. The van der Waals surface area contributed by atoms with Crippen molar-refractivity contribution >= 4 is 5.97 Å². The van der Waals surface area contributed by atoms with Gasteiger partial charge in [0.2, 0.25) is 0 Å². The molecule has 0 saturated heterocycles. The molecule has 0 aromatic carbocycles. The Morgan fingerprint density at radius 3 is 3.06 bits per heavy atom. The Morgan fingerprint density at radius 1 is 1.71 bits per heavy atom. The van der Waals surface area contributed by atoms with Crippen LogP contribution in [0.15, 0.2) is 12.5 Å². The van der Waals surface area contributed by atoms with Gasteiger partial charge in [-0.1, -0.05) is 13.3 Å². The molecule has 2 N–H and O–H groups in total. The molecule has 0 aliphatic heterocycles. The molecule has 1 fully saturated rings. The van der Waals surface area contributed by atoms with Gasteiger partial charge in [-0.15, -0.1) is 0 Å². The van der Waals surface area contributed by atoms with Crippen molar-refractivity contribution in [2.75, 3.05) is 0 Å². The van der Waals surface area contributed by atoms with Crippen LogP contribution in [0.1, 0.15) is 44.3 Å². The molecule has 1 atom stereocenters. The second-order valence-corrected chi connectivity index (χ2v) is 4.61. The number of hydrogen-bond donors (Lipinski definition) is 2. The summed E-state index contributed by atoms with van der Waals surface area (Å²) in [7, 11) is 0. The van der Waals surface area contributed by atoms with Crippen LogP contribution in [0.25, 0.3) is 0 Å². The Bertz CT molecular complexity index is 385. The lowest BCUT2D eigenvalue weighted by Crippen LogP contribution is -2.18. The van der Waals surface area contributed by atoms with Crippen LogP contribution in [0, 0.1) is 0 Å². The van der Waals surface area contributed by atoms with Crippen LogP contribution >= 0.6 is 0 Å². The largest absolute Gasteiger partial charge is 0.480 e. The van der Waals surface area contributed by atoms with E-state index in [0.717, 1.165) is 18.7 Å². The van der Waals surface area contributed by atoms with Gasteiger partial charge >= 0.3 is 5.97 Å². The predicted octanol–water partition coefficient (Wildman–Crippen LogP) is 1.56. The van der Waals surface area contributed by atoms with E-state index in [1.165, 1.54) is 12.8 Å². The van der Waals surface area contributed by atoms with Crippen molar-refractivity contribution in [3.8, 4) is 0 Å². The zero-order valence-electron chi connectivity index (χ0n) is 10.1. The number of aromatic nitrogens is 2. The minimum Gasteiger partial charge on any atom is -0.480 e. The second-order valence-electron chi connectivity index (χ2n) is 4.61. The fraction of sp³-hybridized carbons (Fsp3) is 0.667. The first kappa shape index (κ1) is 12.1. The number of carboxylic acids is 1. The Balaban J connectivity index is 1.96. The topological polar surface area (TPSA) is 67.1 Å². The van der Waals surface area contributed by atoms with Crippen LogP contribution in [-0.4, -0.2) is 26.7 Å². The average Bonchev–Trinajstić information content (AvgIpc) is 3.01. The number of nitrogens with one attached hydrogen (secondary N) is 1. The predicted molar refractivity (Wildman–Crippen MR) is 63.7 cm³/mol. The van der Waals surface area contributed by atoms with Crippen LogP contribution in [0.5, 0.6) is 0 Å². The molecule has 94 valence electrons. The summed E-state index contributed by atoms with van der Waals surface area (Å²) in [4.78, 5) is 15.3. The summed E-state index contributed by atoms with van der Waals surface area (Å²) in [5, 5.41) is 12.5. The van der Waals surface area contributed by atoms with E-state index in [4.69, 9.17) is 5.11 Å². The fourth-order valence-electron chi connectivity index (χ4n) is 1.85. The molecular weight excluding hydrogens is 218 g/mol. The number of rotatable bonds is 7. The first-order valence-corrected chi connectivity index (χ1v) is 6.19. The van der Waals surface area contributed by atoms with Gasteiger partial charge in [0.15, 0.2) is 0 Å². The molecule has 1 aliphatic carbocycles. The van der Waals surface area contributed by atoms with E-state index in [2.05, 4.69) is 10.3 Å². The lowest BCUT2D eigenvalue weighted by molar-refractivity contribution is -0.141. The van der Waals surface area contributed by atoms with E-state index < -0.39 is 12.0 Å². The van der Waals surface area contributed by atoms with Crippen LogP contribution < -0.4 is 5.32 Å². The highest BCUT2D eigenvalue weighted by Crippen LogP contribution is 2.19. The maximum Gasteiger partial charge on any atom is 0.326 e. The van der Waals surface area contributed by atoms with Crippen molar-refractivity contribution in [3.05, 3.63) is 18.2 Å².